The summed E-state index contributed by atoms with van der Waals surface area (Å²) in [7, 11) is 0. The van der Waals surface area contributed by atoms with E-state index in [1.165, 1.54) is 19.4 Å². The lowest BCUT2D eigenvalue weighted by atomic mass is 10.2. The van der Waals surface area contributed by atoms with Gasteiger partial charge < -0.3 is 20.0 Å². The molecule has 7 nitrogen and oxygen atoms in total. The van der Waals surface area contributed by atoms with E-state index in [2.05, 4.69) is 22.5 Å². The summed E-state index contributed by atoms with van der Waals surface area (Å²) in [6.07, 6.45) is 6.56. The van der Waals surface area contributed by atoms with Crippen LogP contribution in [0.3, 0.4) is 0 Å². The van der Waals surface area contributed by atoms with Gasteiger partial charge in [0.15, 0.2) is 5.96 Å². The van der Waals surface area contributed by atoms with Gasteiger partial charge in [-0.05, 0) is 44.5 Å². The van der Waals surface area contributed by atoms with Crippen molar-refractivity contribution in [3.8, 4) is 0 Å². The van der Waals surface area contributed by atoms with Gasteiger partial charge in [-0.25, -0.2) is 0 Å². The molecule has 1 aromatic heterocycles. The van der Waals surface area contributed by atoms with E-state index in [0.717, 1.165) is 57.3 Å². The summed E-state index contributed by atoms with van der Waals surface area (Å²) in [4.78, 5) is 21.3. The number of hydrogen-bond donors (Lipinski definition) is 2. The van der Waals surface area contributed by atoms with Crippen LogP contribution in [0.2, 0.25) is 0 Å². The lowest BCUT2D eigenvalue weighted by Crippen LogP contribution is -2.46. The van der Waals surface area contributed by atoms with Crippen LogP contribution >= 0.6 is 24.0 Å². The SMILES string of the molecule is CCC(=O)N1CCC(NC(=NCC2CCCN2CC)NCCc2ccco2)C1.I. The Kier molecular flexibility index (Phi) is 10.3. The Bertz CT molecular complexity index is 637. The predicted octanol–water partition coefficient (Wildman–Crippen LogP) is 2.47. The van der Waals surface area contributed by atoms with Gasteiger partial charge in [-0.3, -0.25) is 14.7 Å². The topological polar surface area (TPSA) is 73.1 Å². The van der Waals surface area contributed by atoms with Crippen molar-refractivity contribution in [2.75, 3.05) is 39.3 Å². The molecule has 29 heavy (non-hydrogen) atoms. The quantitative estimate of drug-likeness (QED) is 0.315. The number of likely N-dealkylation sites (N-methyl/N-ethyl adjacent to an activating group) is 1. The Hall–Kier alpha value is -1.29. The molecule has 8 heteroatoms. The Balaban J connectivity index is 0.00000300. The second kappa shape index (κ2) is 12.4. The summed E-state index contributed by atoms with van der Waals surface area (Å²) < 4.78 is 5.42. The largest absolute Gasteiger partial charge is 0.469 e. The molecule has 2 aliphatic heterocycles. The fourth-order valence-corrected chi connectivity index (χ4v) is 4.15. The molecule has 0 saturated carbocycles. The number of rotatable bonds is 8. The summed E-state index contributed by atoms with van der Waals surface area (Å²) in [5.74, 6) is 2.06. The average molecular weight is 517 g/mol. The van der Waals surface area contributed by atoms with E-state index in [1.807, 2.05) is 24.0 Å². The molecular formula is C21H36IN5O2. The molecule has 0 aromatic carbocycles. The van der Waals surface area contributed by atoms with Crippen molar-refractivity contribution in [2.45, 2.75) is 58.0 Å². The highest BCUT2D eigenvalue weighted by atomic mass is 127. The first-order valence-electron chi connectivity index (χ1n) is 10.8. The molecule has 2 fully saturated rings. The minimum atomic E-state index is 0. The number of amides is 1. The van der Waals surface area contributed by atoms with Gasteiger partial charge >= 0.3 is 0 Å². The van der Waals surface area contributed by atoms with Gasteiger partial charge in [0.1, 0.15) is 5.76 Å². The number of aliphatic imine (C=N–C) groups is 1. The highest BCUT2D eigenvalue weighted by Crippen LogP contribution is 2.16. The van der Waals surface area contributed by atoms with Gasteiger partial charge in [0.25, 0.3) is 0 Å². The van der Waals surface area contributed by atoms with Crippen LogP contribution in [0.1, 0.15) is 45.3 Å². The maximum absolute atomic E-state index is 12.0. The van der Waals surface area contributed by atoms with Crippen LogP contribution in [0.15, 0.2) is 27.8 Å². The van der Waals surface area contributed by atoms with Crippen LogP contribution in [-0.2, 0) is 11.2 Å². The van der Waals surface area contributed by atoms with Gasteiger partial charge in [-0.15, -0.1) is 24.0 Å². The molecule has 2 N–H and O–H groups in total. The number of carbonyl (C=O) groups is 1. The maximum Gasteiger partial charge on any atom is 0.222 e. The van der Waals surface area contributed by atoms with Crippen molar-refractivity contribution in [2.24, 2.45) is 4.99 Å². The van der Waals surface area contributed by atoms with Gasteiger partial charge in [0.2, 0.25) is 5.91 Å². The maximum atomic E-state index is 12.0. The smallest absolute Gasteiger partial charge is 0.222 e. The Morgan fingerprint density at radius 3 is 2.90 bits per heavy atom. The molecule has 0 bridgehead atoms. The number of nitrogens with zero attached hydrogens (tertiary/aromatic N) is 3. The number of furan rings is 1. The molecule has 2 aliphatic rings. The molecule has 2 atom stereocenters. The van der Waals surface area contributed by atoms with Gasteiger partial charge in [-0.2, -0.15) is 0 Å². The number of hydrogen-bond acceptors (Lipinski definition) is 4. The third kappa shape index (κ3) is 7.16. The number of guanidine groups is 1. The molecule has 3 heterocycles. The third-order valence-corrected chi connectivity index (χ3v) is 5.79. The Labute approximate surface area is 191 Å². The predicted molar refractivity (Wildman–Crippen MR) is 127 cm³/mol. The van der Waals surface area contributed by atoms with E-state index in [0.29, 0.717) is 12.5 Å². The van der Waals surface area contributed by atoms with Gasteiger partial charge in [0.05, 0.1) is 12.8 Å². The molecular weight excluding hydrogens is 481 g/mol. The van der Waals surface area contributed by atoms with Crippen LogP contribution in [-0.4, -0.2) is 73.0 Å². The van der Waals surface area contributed by atoms with E-state index < -0.39 is 0 Å². The summed E-state index contributed by atoms with van der Waals surface area (Å²) in [6, 6.07) is 4.71. The zero-order chi connectivity index (χ0) is 19.8. The molecule has 1 amide bonds. The zero-order valence-corrected chi connectivity index (χ0v) is 20.1. The van der Waals surface area contributed by atoms with E-state index >= 15 is 0 Å². The lowest BCUT2D eigenvalue weighted by Gasteiger charge is -2.23. The Morgan fingerprint density at radius 2 is 2.17 bits per heavy atom. The lowest BCUT2D eigenvalue weighted by molar-refractivity contribution is -0.129. The second-order valence-corrected chi connectivity index (χ2v) is 7.69. The van der Waals surface area contributed by atoms with Crippen LogP contribution in [0, 0.1) is 0 Å². The second-order valence-electron chi connectivity index (χ2n) is 7.69. The van der Waals surface area contributed by atoms with E-state index in [9.17, 15) is 4.79 Å². The van der Waals surface area contributed by atoms with Gasteiger partial charge in [0, 0.05) is 44.6 Å². The molecule has 164 valence electrons. The van der Waals surface area contributed by atoms with E-state index in [1.54, 1.807) is 6.26 Å². The molecule has 0 spiro atoms. The first kappa shape index (κ1) is 24.0. The van der Waals surface area contributed by atoms with Crippen molar-refractivity contribution >= 4 is 35.8 Å². The van der Waals surface area contributed by atoms with Crippen LogP contribution in [0.4, 0.5) is 0 Å². The van der Waals surface area contributed by atoms with E-state index in [4.69, 9.17) is 9.41 Å². The van der Waals surface area contributed by atoms with Crippen molar-refractivity contribution in [1.82, 2.24) is 20.4 Å². The van der Waals surface area contributed by atoms with Crippen molar-refractivity contribution < 1.29 is 9.21 Å². The highest BCUT2D eigenvalue weighted by molar-refractivity contribution is 14.0. The van der Waals surface area contributed by atoms with E-state index in [-0.39, 0.29) is 35.9 Å². The number of carbonyl (C=O) groups excluding carboxylic acids is 1. The first-order valence-corrected chi connectivity index (χ1v) is 10.8. The van der Waals surface area contributed by atoms with Crippen LogP contribution in [0.5, 0.6) is 0 Å². The van der Waals surface area contributed by atoms with Crippen LogP contribution < -0.4 is 10.6 Å². The van der Waals surface area contributed by atoms with Crippen molar-refractivity contribution in [3.63, 3.8) is 0 Å². The van der Waals surface area contributed by atoms with Gasteiger partial charge in [-0.1, -0.05) is 13.8 Å². The molecule has 2 saturated heterocycles. The fraction of sp³-hybridized carbons (Fsp3) is 0.714. The summed E-state index contributed by atoms with van der Waals surface area (Å²) in [5, 5.41) is 7.01. The molecule has 0 radical (unpaired) electrons. The monoisotopic (exact) mass is 517 g/mol. The average Bonchev–Trinajstić information content (AvgIpc) is 3.46. The van der Waals surface area contributed by atoms with Crippen molar-refractivity contribution in [3.05, 3.63) is 24.2 Å². The summed E-state index contributed by atoms with van der Waals surface area (Å²) in [6.45, 7) is 9.59. The van der Waals surface area contributed by atoms with Crippen molar-refractivity contribution in [1.29, 1.82) is 0 Å². The minimum absolute atomic E-state index is 0. The summed E-state index contributed by atoms with van der Waals surface area (Å²) >= 11 is 0. The first-order chi connectivity index (χ1) is 13.7. The fourth-order valence-electron chi connectivity index (χ4n) is 4.15. The number of halogens is 1. The zero-order valence-electron chi connectivity index (χ0n) is 17.7. The Morgan fingerprint density at radius 1 is 1.31 bits per heavy atom. The standard InChI is InChI=1S/C21H35N5O2.HI/c1-3-20(27)26-13-10-17(16-26)24-21(22-11-9-19-8-6-14-28-19)23-15-18-7-5-12-25(18)4-2;/h6,8,14,17-18H,3-5,7,9-13,15-16H2,1-2H3,(H2,22,23,24);1H. The number of likely N-dealkylation sites (tertiary alicyclic amines) is 2. The molecule has 3 rings (SSSR count). The third-order valence-electron chi connectivity index (χ3n) is 5.79. The molecule has 1 aromatic rings. The minimum Gasteiger partial charge on any atom is -0.469 e. The normalized spacial score (nSPS) is 22.6. The highest BCUT2D eigenvalue weighted by Gasteiger charge is 2.26. The number of nitrogens with one attached hydrogen (secondary N) is 2. The molecule has 0 aliphatic carbocycles. The summed E-state index contributed by atoms with van der Waals surface area (Å²) in [5.41, 5.74) is 0. The molecule has 2 unspecified atom stereocenters. The van der Waals surface area contributed by atoms with Crippen LogP contribution in [0.25, 0.3) is 0 Å².